The number of para-hydroxylation sites is 1. The zero-order chi connectivity index (χ0) is 29.4. The van der Waals surface area contributed by atoms with Gasteiger partial charge in [0, 0.05) is 50.3 Å². The van der Waals surface area contributed by atoms with Gasteiger partial charge in [-0.15, -0.1) is 0 Å². The zero-order valence-electron chi connectivity index (χ0n) is 22.4. The Bertz CT molecular complexity index is 1330. The molecule has 2 aromatic carbocycles. The molecule has 5 amide bonds. The Balaban J connectivity index is 1.45. The van der Waals surface area contributed by atoms with E-state index in [0.29, 0.717) is 11.3 Å². The fourth-order valence-electron chi connectivity index (χ4n) is 3.88. The minimum Gasteiger partial charge on any atom is -0.444 e. The van der Waals surface area contributed by atoms with Crippen LogP contribution in [0.1, 0.15) is 66.3 Å². The van der Waals surface area contributed by atoms with Crippen molar-refractivity contribution in [1.82, 2.24) is 15.5 Å². The van der Waals surface area contributed by atoms with Crippen LogP contribution in [-0.4, -0.2) is 58.2 Å². The standard InChI is InChI=1S/C27H31N5O8/c1-27(2,3)40-26(37)28-13-12-22(33)29-16-17-7-4-5-8-21(17)30-23(34)9-6-14-31-24(35)19-11-10-18(32(38)39)15-20(19)25(31)36/h4-5,7-8,10-11,15H,6,9,12-14,16H2,1-3H3,(H,28,37)(H,29,33)(H,30,34). The SMILES string of the molecule is CC(C)(C)OC(=O)NCCC(=O)NCc1ccccc1NC(=O)CCCN1C(=O)c2ccc([N+](=O)[O-])cc2C1=O. The number of ether oxygens (including phenoxy) is 1. The summed E-state index contributed by atoms with van der Waals surface area (Å²) >= 11 is 0. The average Bonchev–Trinajstić information content (AvgIpc) is 3.11. The normalized spacial score (nSPS) is 12.5. The second-order valence-corrected chi connectivity index (χ2v) is 10.0. The molecule has 1 aliphatic heterocycles. The van der Waals surface area contributed by atoms with Crippen LogP contribution in [-0.2, 0) is 20.9 Å². The van der Waals surface area contributed by atoms with E-state index in [-0.39, 0.29) is 67.5 Å². The number of non-ortho nitro benzene ring substituents is 1. The number of carbonyl (C=O) groups is 5. The lowest BCUT2D eigenvalue weighted by Gasteiger charge is -2.19. The van der Waals surface area contributed by atoms with Gasteiger partial charge in [-0.2, -0.15) is 0 Å². The molecule has 0 saturated heterocycles. The summed E-state index contributed by atoms with van der Waals surface area (Å²) in [6.07, 6.45) is -0.382. The minimum absolute atomic E-state index is 0.00454. The van der Waals surface area contributed by atoms with Crippen LogP contribution in [0.4, 0.5) is 16.2 Å². The maximum absolute atomic E-state index is 12.6. The molecule has 2 aromatic rings. The molecule has 13 heteroatoms. The second-order valence-electron chi connectivity index (χ2n) is 10.0. The Hall–Kier alpha value is -4.81. The molecule has 1 aliphatic rings. The summed E-state index contributed by atoms with van der Waals surface area (Å²) in [6, 6.07) is 10.4. The second kappa shape index (κ2) is 12.8. The third-order valence-corrected chi connectivity index (χ3v) is 5.74. The first-order valence-corrected chi connectivity index (χ1v) is 12.6. The highest BCUT2D eigenvalue weighted by molar-refractivity contribution is 6.21. The van der Waals surface area contributed by atoms with Gasteiger partial charge in [-0.3, -0.25) is 34.2 Å². The number of alkyl carbamates (subject to hydrolysis) is 1. The quantitative estimate of drug-likeness (QED) is 0.216. The Labute approximate surface area is 230 Å². The van der Waals surface area contributed by atoms with Crippen molar-refractivity contribution in [3.05, 3.63) is 69.3 Å². The maximum Gasteiger partial charge on any atom is 0.407 e. The van der Waals surface area contributed by atoms with Crippen molar-refractivity contribution < 1.29 is 33.6 Å². The van der Waals surface area contributed by atoms with Crippen LogP contribution in [0.3, 0.4) is 0 Å². The number of imide groups is 1. The highest BCUT2D eigenvalue weighted by Gasteiger charge is 2.36. The first-order chi connectivity index (χ1) is 18.9. The molecule has 0 aliphatic carbocycles. The number of hydrogen-bond donors (Lipinski definition) is 3. The largest absolute Gasteiger partial charge is 0.444 e. The summed E-state index contributed by atoms with van der Waals surface area (Å²) in [4.78, 5) is 72.9. The average molecular weight is 554 g/mol. The highest BCUT2D eigenvalue weighted by atomic mass is 16.6. The van der Waals surface area contributed by atoms with Crippen LogP contribution in [0.2, 0.25) is 0 Å². The summed E-state index contributed by atoms with van der Waals surface area (Å²) in [6.45, 7) is 5.43. The maximum atomic E-state index is 12.6. The summed E-state index contributed by atoms with van der Waals surface area (Å²) in [7, 11) is 0. The van der Waals surface area contributed by atoms with Crippen LogP contribution in [0.15, 0.2) is 42.5 Å². The molecular weight excluding hydrogens is 522 g/mol. The number of amides is 5. The van der Waals surface area contributed by atoms with E-state index in [9.17, 15) is 34.1 Å². The van der Waals surface area contributed by atoms with E-state index < -0.39 is 28.4 Å². The molecule has 3 N–H and O–H groups in total. The van der Waals surface area contributed by atoms with Gasteiger partial charge in [-0.25, -0.2) is 4.79 Å². The number of nitro groups is 1. The van der Waals surface area contributed by atoms with Crippen LogP contribution in [0.5, 0.6) is 0 Å². The number of rotatable bonds is 11. The molecule has 0 radical (unpaired) electrons. The van der Waals surface area contributed by atoms with Crippen molar-refractivity contribution >= 4 is 41.1 Å². The van der Waals surface area contributed by atoms with Crippen molar-refractivity contribution in [3.8, 4) is 0 Å². The van der Waals surface area contributed by atoms with Gasteiger partial charge in [-0.05, 0) is 44.9 Å². The van der Waals surface area contributed by atoms with Crippen molar-refractivity contribution in [2.75, 3.05) is 18.4 Å². The zero-order valence-corrected chi connectivity index (χ0v) is 22.4. The molecule has 0 bridgehead atoms. The van der Waals surface area contributed by atoms with Gasteiger partial charge in [0.2, 0.25) is 11.8 Å². The molecule has 212 valence electrons. The predicted molar refractivity (Wildman–Crippen MR) is 143 cm³/mol. The molecule has 0 saturated carbocycles. The Morgan fingerprint density at radius 2 is 1.65 bits per heavy atom. The number of nitrogens with one attached hydrogen (secondary N) is 3. The number of carbonyl (C=O) groups excluding carboxylic acids is 5. The number of nitro benzene ring substituents is 1. The number of nitrogens with zero attached hydrogens (tertiary/aromatic N) is 2. The predicted octanol–water partition coefficient (Wildman–Crippen LogP) is 3.14. The molecule has 0 fully saturated rings. The molecular formula is C27H31N5O8. The van der Waals surface area contributed by atoms with Gasteiger partial charge in [-0.1, -0.05) is 18.2 Å². The van der Waals surface area contributed by atoms with Gasteiger partial charge in [0.05, 0.1) is 16.1 Å². The lowest BCUT2D eigenvalue weighted by Crippen LogP contribution is -2.35. The first-order valence-electron chi connectivity index (χ1n) is 12.6. The molecule has 40 heavy (non-hydrogen) atoms. The Kier molecular flexibility index (Phi) is 9.54. The molecule has 1 heterocycles. The molecule has 3 rings (SSSR count). The number of benzene rings is 2. The summed E-state index contributed by atoms with van der Waals surface area (Å²) in [5, 5.41) is 19.0. The van der Waals surface area contributed by atoms with E-state index in [0.717, 1.165) is 11.0 Å². The molecule has 0 unspecified atom stereocenters. The highest BCUT2D eigenvalue weighted by Crippen LogP contribution is 2.27. The summed E-state index contributed by atoms with van der Waals surface area (Å²) in [5.74, 6) is -1.85. The summed E-state index contributed by atoms with van der Waals surface area (Å²) < 4.78 is 5.12. The van der Waals surface area contributed by atoms with Gasteiger partial charge in [0.15, 0.2) is 0 Å². The van der Waals surface area contributed by atoms with E-state index >= 15 is 0 Å². The van der Waals surface area contributed by atoms with Gasteiger partial charge in [0.25, 0.3) is 17.5 Å². The van der Waals surface area contributed by atoms with Gasteiger partial charge >= 0.3 is 6.09 Å². The number of hydrogen-bond acceptors (Lipinski definition) is 8. The number of anilines is 1. The molecule has 0 atom stereocenters. The van der Waals surface area contributed by atoms with Crippen LogP contribution < -0.4 is 16.0 Å². The molecule has 0 aromatic heterocycles. The lowest BCUT2D eigenvalue weighted by molar-refractivity contribution is -0.384. The number of fused-ring (bicyclic) bond motifs is 1. The van der Waals surface area contributed by atoms with E-state index in [2.05, 4.69) is 16.0 Å². The molecule has 0 spiro atoms. The Morgan fingerprint density at radius 1 is 0.950 bits per heavy atom. The van der Waals surface area contributed by atoms with Crippen molar-refractivity contribution in [3.63, 3.8) is 0 Å². The van der Waals surface area contributed by atoms with Gasteiger partial charge in [0.1, 0.15) is 5.60 Å². The van der Waals surface area contributed by atoms with Gasteiger partial charge < -0.3 is 20.7 Å². The Morgan fingerprint density at radius 3 is 2.35 bits per heavy atom. The summed E-state index contributed by atoms with van der Waals surface area (Å²) in [5.41, 5.74) is 0.296. The van der Waals surface area contributed by atoms with E-state index in [1.54, 1.807) is 45.0 Å². The van der Waals surface area contributed by atoms with Crippen LogP contribution in [0.25, 0.3) is 0 Å². The topological polar surface area (TPSA) is 177 Å². The molecule has 13 nitrogen and oxygen atoms in total. The van der Waals surface area contributed by atoms with Crippen molar-refractivity contribution in [1.29, 1.82) is 0 Å². The van der Waals surface area contributed by atoms with Crippen molar-refractivity contribution in [2.24, 2.45) is 0 Å². The van der Waals surface area contributed by atoms with Crippen LogP contribution in [0, 0.1) is 10.1 Å². The smallest absolute Gasteiger partial charge is 0.407 e. The third kappa shape index (κ3) is 8.09. The fourth-order valence-corrected chi connectivity index (χ4v) is 3.88. The first kappa shape index (κ1) is 29.7. The van der Waals surface area contributed by atoms with E-state index in [4.69, 9.17) is 4.74 Å². The van der Waals surface area contributed by atoms with Crippen LogP contribution >= 0.6 is 0 Å². The van der Waals surface area contributed by atoms with Crippen molar-refractivity contribution in [2.45, 2.75) is 52.2 Å². The lowest BCUT2D eigenvalue weighted by atomic mass is 10.1. The fraction of sp³-hybridized carbons (Fsp3) is 0.370. The minimum atomic E-state index is -0.641. The third-order valence-electron chi connectivity index (χ3n) is 5.74. The van der Waals surface area contributed by atoms with E-state index in [1.807, 2.05) is 0 Å². The van der Waals surface area contributed by atoms with E-state index in [1.165, 1.54) is 12.1 Å². The monoisotopic (exact) mass is 553 g/mol.